The molecule has 1 heteroatoms. The Bertz CT molecular complexity index is 3090. The third-order valence-electron chi connectivity index (χ3n) is 12.9. The zero-order chi connectivity index (χ0) is 39.6. The van der Waals surface area contributed by atoms with Gasteiger partial charge in [-0.15, -0.1) is 0 Å². The van der Waals surface area contributed by atoms with E-state index in [1.807, 2.05) is 0 Å². The Balaban J connectivity index is 1.13. The fraction of sp³-hybridized carbons (Fsp3) is 0.0169. The fourth-order valence-corrected chi connectivity index (χ4v) is 10.3. The van der Waals surface area contributed by atoms with Crippen molar-refractivity contribution in [2.24, 2.45) is 0 Å². The molecule has 60 heavy (non-hydrogen) atoms. The normalized spacial score (nSPS) is 12.8. The van der Waals surface area contributed by atoms with Crippen molar-refractivity contribution in [3.63, 3.8) is 0 Å². The molecule has 0 fully saturated rings. The molecule has 1 spiro atoms. The Labute approximate surface area is 351 Å². The quantitative estimate of drug-likeness (QED) is 0.163. The van der Waals surface area contributed by atoms with Gasteiger partial charge in [0.15, 0.2) is 0 Å². The Morgan fingerprint density at radius 2 is 0.683 bits per heavy atom. The highest BCUT2D eigenvalue weighted by Gasteiger charge is 2.52. The molecule has 0 atom stereocenters. The summed E-state index contributed by atoms with van der Waals surface area (Å²) in [5.74, 6) is 0. The molecule has 0 radical (unpaired) electrons. The van der Waals surface area contributed by atoms with Crippen LogP contribution in [0, 0.1) is 0 Å². The van der Waals surface area contributed by atoms with Crippen molar-refractivity contribution in [2.45, 2.75) is 5.41 Å². The lowest BCUT2D eigenvalue weighted by molar-refractivity contribution is 0.794. The van der Waals surface area contributed by atoms with E-state index in [1.165, 1.54) is 88.7 Å². The molecular weight excluding hydrogens is 723 g/mol. The highest BCUT2D eigenvalue weighted by Crippen LogP contribution is 2.65. The van der Waals surface area contributed by atoms with Crippen molar-refractivity contribution in [2.75, 3.05) is 4.90 Å². The zero-order valence-electron chi connectivity index (χ0n) is 33.0. The van der Waals surface area contributed by atoms with Gasteiger partial charge in [-0.25, -0.2) is 0 Å². The first-order valence-corrected chi connectivity index (χ1v) is 20.8. The Kier molecular flexibility index (Phi) is 7.83. The fourth-order valence-electron chi connectivity index (χ4n) is 10.3. The second kappa shape index (κ2) is 13.7. The average Bonchev–Trinajstić information content (AvgIpc) is 3.80. The van der Waals surface area contributed by atoms with Crippen molar-refractivity contribution in [1.29, 1.82) is 0 Å². The van der Waals surface area contributed by atoms with Crippen LogP contribution in [0.3, 0.4) is 0 Å². The Morgan fingerprint density at radius 3 is 1.23 bits per heavy atom. The maximum atomic E-state index is 2.52. The van der Waals surface area contributed by atoms with E-state index in [-0.39, 0.29) is 0 Å². The number of fused-ring (bicyclic) bond motifs is 12. The van der Waals surface area contributed by atoms with Gasteiger partial charge in [0, 0.05) is 17.1 Å². The number of hydrogen-bond acceptors (Lipinski definition) is 1. The predicted molar refractivity (Wildman–Crippen MR) is 251 cm³/mol. The topological polar surface area (TPSA) is 3.24 Å². The molecule has 280 valence electrons. The van der Waals surface area contributed by atoms with Crippen LogP contribution in [0.5, 0.6) is 0 Å². The van der Waals surface area contributed by atoms with E-state index in [0.29, 0.717) is 0 Å². The number of hydrogen-bond donors (Lipinski definition) is 0. The summed E-state index contributed by atoms with van der Waals surface area (Å²) in [7, 11) is 0. The lowest BCUT2D eigenvalue weighted by Crippen LogP contribution is -2.26. The molecular formula is C59H39N. The third kappa shape index (κ3) is 5.13. The SMILES string of the molecule is c1ccc(-c2ccc(N(c3ccc(-c4ccccc4)cc3)c3ccc4c(c3)C3(c5ccccc5-c5ccccc53)c3cc(-c5ccccc5)c5ccccc5c3-4)cc2)cc1. The average molecular weight is 762 g/mol. The van der Waals surface area contributed by atoms with Gasteiger partial charge in [-0.2, -0.15) is 0 Å². The van der Waals surface area contributed by atoms with Crippen molar-refractivity contribution >= 4 is 27.8 Å². The first kappa shape index (κ1) is 34.3. The van der Waals surface area contributed by atoms with Crippen molar-refractivity contribution in [1.82, 2.24) is 0 Å². The largest absolute Gasteiger partial charge is 0.310 e. The maximum Gasteiger partial charge on any atom is 0.0726 e. The molecule has 0 bridgehead atoms. The molecule has 0 unspecified atom stereocenters. The van der Waals surface area contributed by atoms with E-state index < -0.39 is 5.41 Å². The lowest BCUT2D eigenvalue weighted by Gasteiger charge is -2.32. The number of rotatable bonds is 6. The standard InChI is InChI=1S/C59H39N/c1-4-16-40(17-5-1)42-28-32-45(33-29-42)60(46-34-30-43(31-35-46)41-18-6-2-7-19-41)47-36-37-52-56(38-47)59(54-26-14-12-23-49(54)50-24-13-15-27-55(50)59)57-39-53(44-20-8-3-9-21-44)48-22-10-11-25-51(48)58(52)57/h1-39H. The van der Waals surface area contributed by atoms with Crippen LogP contribution in [0.4, 0.5) is 17.1 Å². The first-order chi connectivity index (χ1) is 29.8. The number of anilines is 3. The smallest absolute Gasteiger partial charge is 0.0726 e. The molecule has 0 N–H and O–H groups in total. The summed E-state index contributed by atoms with van der Waals surface area (Å²) in [5.41, 5.74) is 20.7. The van der Waals surface area contributed by atoms with E-state index in [9.17, 15) is 0 Å². The van der Waals surface area contributed by atoms with Crippen LogP contribution in [0.25, 0.3) is 66.4 Å². The summed E-state index contributed by atoms with van der Waals surface area (Å²) in [6, 6.07) is 87.3. The Morgan fingerprint density at radius 1 is 0.250 bits per heavy atom. The minimum Gasteiger partial charge on any atom is -0.310 e. The summed E-state index contributed by atoms with van der Waals surface area (Å²) in [6.45, 7) is 0. The molecule has 0 aromatic heterocycles. The van der Waals surface area contributed by atoms with Gasteiger partial charge < -0.3 is 4.90 Å². The predicted octanol–water partition coefficient (Wildman–Crippen LogP) is 15.7. The summed E-state index contributed by atoms with van der Waals surface area (Å²) in [4.78, 5) is 2.43. The maximum absolute atomic E-state index is 2.52. The van der Waals surface area contributed by atoms with E-state index in [4.69, 9.17) is 0 Å². The van der Waals surface area contributed by atoms with E-state index in [0.717, 1.165) is 17.1 Å². The number of nitrogens with zero attached hydrogens (tertiary/aromatic N) is 1. The Hall–Kier alpha value is -7.74. The van der Waals surface area contributed by atoms with Gasteiger partial charge in [0.25, 0.3) is 0 Å². The minimum atomic E-state index is -0.526. The molecule has 10 aromatic rings. The van der Waals surface area contributed by atoms with Crippen LogP contribution in [0.1, 0.15) is 22.3 Å². The molecule has 0 saturated heterocycles. The van der Waals surface area contributed by atoms with Crippen molar-refractivity contribution in [3.05, 3.63) is 259 Å². The molecule has 1 nitrogen and oxygen atoms in total. The van der Waals surface area contributed by atoms with Gasteiger partial charge >= 0.3 is 0 Å². The van der Waals surface area contributed by atoms with E-state index in [2.05, 4.69) is 241 Å². The van der Waals surface area contributed by atoms with Gasteiger partial charge in [0.2, 0.25) is 0 Å². The second-order valence-electron chi connectivity index (χ2n) is 16.0. The molecule has 0 saturated carbocycles. The van der Waals surface area contributed by atoms with E-state index >= 15 is 0 Å². The minimum absolute atomic E-state index is 0.526. The monoisotopic (exact) mass is 761 g/mol. The number of benzene rings is 10. The van der Waals surface area contributed by atoms with Gasteiger partial charge in [-0.1, -0.05) is 194 Å². The molecule has 0 heterocycles. The molecule has 0 aliphatic heterocycles. The molecule has 0 amide bonds. The molecule has 12 rings (SSSR count). The summed E-state index contributed by atoms with van der Waals surface area (Å²) < 4.78 is 0. The van der Waals surface area contributed by atoms with Crippen LogP contribution in [0.2, 0.25) is 0 Å². The van der Waals surface area contributed by atoms with Gasteiger partial charge in [-0.05, 0) is 131 Å². The summed E-state index contributed by atoms with van der Waals surface area (Å²) >= 11 is 0. The van der Waals surface area contributed by atoms with Crippen molar-refractivity contribution < 1.29 is 0 Å². The van der Waals surface area contributed by atoms with E-state index in [1.54, 1.807) is 0 Å². The first-order valence-electron chi connectivity index (χ1n) is 20.8. The molecule has 2 aliphatic carbocycles. The van der Waals surface area contributed by atoms with Crippen molar-refractivity contribution in [3.8, 4) is 55.6 Å². The van der Waals surface area contributed by atoms with Crippen LogP contribution in [-0.2, 0) is 5.41 Å². The molecule has 10 aromatic carbocycles. The molecule has 2 aliphatic rings. The highest BCUT2D eigenvalue weighted by atomic mass is 15.1. The lowest BCUT2D eigenvalue weighted by atomic mass is 9.70. The van der Waals surface area contributed by atoms with Crippen LogP contribution in [-0.4, -0.2) is 0 Å². The van der Waals surface area contributed by atoms with Gasteiger partial charge in [0.05, 0.1) is 5.41 Å². The van der Waals surface area contributed by atoms with Crippen LogP contribution in [0.15, 0.2) is 237 Å². The van der Waals surface area contributed by atoms with Gasteiger partial charge in [-0.3, -0.25) is 0 Å². The third-order valence-corrected chi connectivity index (χ3v) is 12.9. The van der Waals surface area contributed by atoms with Crippen LogP contribution >= 0.6 is 0 Å². The summed E-state index contributed by atoms with van der Waals surface area (Å²) in [6.07, 6.45) is 0. The van der Waals surface area contributed by atoms with Crippen LogP contribution < -0.4 is 4.90 Å². The highest BCUT2D eigenvalue weighted by molar-refractivity contribution is 6.11. The summed E-state index contributed by atoms with van der Waals surface area (Å²) in [5, 5.41) is 2.55. The second-order valence-corrected chi connectivity index (χ2v) is 16.0. The zero-order valence-corrected chi connectivity index (χ0v) is 33.0. The van der Waals surface area contributed by atoms with Gasteiger partial charge in [0.1, 0.15) is 0 Å².